The minimum absolute atomic E-state index is 0.0941. The molecule has 0 spiro atoms. The first-order valence-corrected chi connectivity index (χ1v) is 9.38. The van der Waals surface area contributed by atoms with E-state index in [0.717, 1.165) is 25.7 Å². The van der Waals surface area contributed by atoms with Gasteiger partial charge in [0.15, 0.2) is 0 Å². The summed E-state index contributed by atoms with van der Waals surface area (Å²) in [6.07, 6.45) is 4.07. The van der Waals surface area contributed by atoms with Crippen molar-refractivity contribution in [1.29, 1.82) is 0 Å². The van der Waals surface area contributed by atoms with Crippen LogP contribution in [0.2, 0.25) is 0 Å². The van der Waals surface area contributed by atoms with E-state index in [1.807, 2.05) is 6.92 Å². The van der Waals surface area contributed by atoms with Crippen LogP contribution in [0.5, 0.6) is 0 Å². The highest BCUT2D eigenvalue weighted by atomic mass is 79.9. The predicted molar refractivity (Wildman–Crippen MR) is 81.5 cm³/mol. The maximum absolute atomic E-state index is 12.2. The smallest absolute Gasteiger partial charge is 0.262 e. The molecule has 0 radical (unpaired) electrons. The molecule has 1 aromatic carbocycles. The van der Waals surface area contributed by atoms with Crippen molar-refractivity contribution in [2.45, 2.75) is 43.0 Å². The summed E-state index contributed by atoms with van der Waals surface area (Å²) in [5.41, 5.74) is 0.0880. The van der Waals surface area contributed by atoms with Crippen molar-refractivity contribution in [3.8, 4) is 0 Å². The molecule has 1 saturated carbocycles. The zero-order valence-corrected chi connectivity index (χ0v) is 14.1. The van der Waals surface area contributed by atoms with E-state index in [4.69, 9.17) is 10.7 Å². The molecular formula is C13H15BrClNO3S. The Hall–Kier alpha value is -0.590. The normalized spacial score (nSPS) is 17.9. The molecule has 0 heterocycles. The van der Waals surface area contributed by atoms with E-state index in [-0.39, 0.29) is 16.3 Å². The zero-order chi connectivity index (χ0) is 15.0. The van der Waals surface area contributed by atoms with Gasteiger partial charge in [-0.05, 0) is 53.9 Å². The highest BCUT2D eigenvalue weighted by Gasteiger charge is 2.30. The number of halogens is 2. The number of carbonyl (C=O) groups is 1. The van der Waals surface area contributed by atoms with Crippen molar-refractivity contribution in [2.24, 2.45) is 0 Å². The Labute approximate surface area is 131 Å². The second-order valence-electron chi connectivity index (χ2n) is 5.30. The van der Waals surface area contributed by atoms with Crippen molar-refractivity contribution < 1.29 is 13.2 Å². The van der Waals surface area contributed by atoms with Gasteiger partial charge in [0.2, 0.25) is 0 Å². The van der Waals surface area contributed by atoms with E-state index in [9.17, 15) is 13.2 Å². The van der Waals surface area contributed by atoms with Gasteiger partial charge < -0.3 is 5.32 Å². The molecule has 7 heteroatoms. The van der Waals surface area contributed by atoms with Crippen LogP contribution in [0.25, 0.3) is 0 Å². The van der Waals surface area contributed by atoms with Gasteiger partial charge in [0.25, 0.3) is 15.0 Å². The SMILES string of the molecule is CC1(NC(=O)c2ccc(Br)c(S(=O)(=O)Cl)c2)CCCC1. The lowest BCUT2D eigenvalue weighted by molar-refractivity contribution is 0.0908. The van der Waals surface area contributed by atoms with Crippen LogP contribution in [0.4, 0.5) is 0 Å². The van der Waals surface area contributed by atoms with Crippen molar-refractivity contribution in [3.05, 3.63) is 28.2 Å². The number of hydrogen-bond acceptors (Lipinski definition) is 3. The third-order valence-electron chi connectivity index (χ3n) is 3.58. The van der Waals surface area contributed by atoms with Crippen molar-refractivity contribution in [3.63, 3.8) is 0 Å². The Morgan fingerprint density at radius 3 is 2.50 bits per heavy atom. The lowest BCUT2D eigenvalue weighted by Gasteiger charge is -2.25. The summed E-state index contributed by atoms with van der Waals surface area (Å²) in [7, 11) is 1.46. The Bertz CT molecular complexity index is 639. The number of rotatable bonds is 3. The molecule has 0 saturated heterocycles. The van der Waals surface area contributed by atoms with E-state index < -0.39 is 9.05 Å². The summed E-state index contributed by atoms with van der Waals surface area (Å²) >= 11 is 3.12. The summed E-state index contributed by atoms with van der Waals surface area (Å²) in [5, 5.41) is 2.98. The van der Waals surface area contributed by atoms with E-state index in [1.165, 1.54) is 12.1 Å². The summed E-state index contributed by atoms with van der Waals surface area (Å²) in [6, 6.07) is 4.38. The molecule has 1 fully saturated rings. The Balaban J connectivity index is 2.27. The molecule has 1 aliphatic rings. The van der Waals surface area contributed by atoms with Gasteiger partial charge in [-0.2, -0.15) is 0 Å². The second-order valence-corrected chi connectivity index (χ2v) is 8.69. The quantitative estimate of drug-likeness (QED) is 0.817. The summed E-state index contributed by atoms with van der Waals surface area (Å²) in [4.78, 5) is 12.1. The number of carbonyl (C=O) groups excluding carboxylic acids is 1. The standard InChI is InChI=1S/C13H15BrClNO3S/c1-13(6-2-3-7-13)16-12(17)9-4-5-10(14)11(8-9)20(15,18)19/h4-5,8H,2-3,6-7H2,1H3,(H,16,17). The van der Waals surface area contributed by atoms with E-state index >= 15 is 0 Å². The third kappa shape index (κ3) is 3.54. The van der Waals surface area contributed by atoms with Gasteiger partial charge in [-0.3, -0.25) is 4.79 Å². The molecule has 20 heavy (non-hydrogen) atoms. The van der Waals surface area contributed by atoms with Crippen molar-refractivity contribution in [2.75, 3.05) is 0 Å². The minimum Gasteiger partial charge on any atom is -0.347 e. The fraction of sp³-hybridized carbons (Fsp3) is 0.462. The average Bonchev–Trinajstić information content (AvgIpc) is 2.74. The van der Waals surface area contributed by atoms with Crippen LogP contribution in [0, 0.1) is 0 Å². The summed E-state index contributed by atoms with van der Waals surface area (Å²) in [5.74, 6) is -0.275. The first kappa shape index (κ1) is 15.8. The first-order valence-electron chi connectivity index (χ1n) is 6.28. The molecule has 0 bridgehead atoms. The molecule has 110 valence electrons. The molecular weight excluding hydrogens is 366 g/mol. The largest absolute Gasteiger partial charge is 0.347 e. The van der Waals surface area contributed by atoms with E-state index in [1.54, 1.807) is 6.07 Å². The van der Waals surface area contributed by atoms with Gasteiger partial charge in [0, 0.05) is 26.3 Å². The highest BCUT2D eigenvalue weighted by molar-refractivity contribution is 9.10. The second kappa shape index (κ2) is 5.66. The van der Waals surface area contributed by atoms with Crippen LogP contribution in [-0.4, -0.2) is 19.9 Å². The number of benzene rings is 1. The number of amides is 1. The van der Waals surface area contributed by atoms with E-state index in [0.29, 0.717) is 10.0 Å². The third-order valence-corrected chi connectivity index (χ3v) is 5.89. The summed E-state index contributed by atoms with van der Waals surface area (Å²) < 4.78 is 23.2. The number of hydrogen-bond donors (Lipinski definition) is 1. The molecule has 4 nitrogen and oxygen atoms in total. The average molecular weight is 381 g/mol. The first-order chi connectivity index (χ1) is 9.21. The molecule has 0 unspecified atom stereocenters. The lowest BCUT2D eigenvalue weighted by Crippen LogP contribution is -2.43. The van der Waals surface area contributed by atoms with Gasteiger partial charge >= 0.3 is 0 Å². The Morgan fingerprint density at radius 1 is 1.35 bits per heavy atom. The van der Waals surface area contributed by atoms with Gasteiger partial charge in [-0.25, -0.2) is 8.42 Å². The Kier molecular flexibility index (Phi) is 4.47. The lowest BCUT2D eigenvalue weighted by atomic mass is 10.00. The molecule has 0 atom stereocenters. The molecule has 0 aliphatic heterocycles. The van der Waals surface area contributed by atoms with Crippen LogP contribution < -0.4 is 5.32 Å². The van der Waals surface area contributed by atoms with Crippen LogP contribution >= 0.6 is 26.6 Å². The van der Waals surface area contributed by atoms with Crippen LogP contribution in [-0.2, 0) is 9.05 Å². The van der Waals surface area contributed by atoms with Gasteiger partial charge in [-0.1, -0.05) is 12.8 Å². The molecule has 1 N–H and O–H groups in total. The van der Waals surface area contributed by atoms with Crippen molar-refractivity contribution in [1.82, 2.24) is 5.32 Å². The molecule has 2 rings (SSSR count). The fourth-order valence-electron chi connectivity index (χ4n) is 2.46. The monoisotopic (exact) mass is 379 g/mol. The summed E-state index contributed by atoms with van der Waals surface area (Å²) in [6.45, 7) is 2.01. The van der Waals surface area contributed by atoms with Gasteiger partial charge in [-0.15, -0.1) is 0 Å². The topological polar surface area (TPSA) is 63.2 Å². The zero-order valence-electron chi connectivity index (χ0n) is 10.9. The van der Waals surface area contributed by atoms with Crippen molar-refractivity contribution >= 4 is 41.6 Å². The van der Waals surface area contributed by atoms with Crippen LogP contribution in [0.1, 0.15) is 43.0 Å². The molecule has 1 aliphatic carbocycles. The van der Waals surface area contributed by atoms with Gasteiger partial charge in [0.1, 0.15) is 0 Å². The minimum atomic E-state index is -3.89. The Morgan fingerprint density at radius 2 is 1.95 bits per heavy atom. The molecule has 1 aromatic rings. The highest BCUT2D eigenvalue weighted by Crippen LogP contribution is 2.30. The van der Waals surface area contributed by atoms with Crippen LogP contribution in [0.3, 0.4) is 0 Å². The van der Waals surface area contributed by atoms with Gasteiger partial charge in [0.05, 0.1) is 4.90 Å². The maximum Gasteiger partial charge on any atom is 0.262 e. The number of nitrogens with one attached hydrogen (secondary N) is 1. The maximum atomic E-state index is 12.2. The molecule has 1 amide bonds. The fourth-order valence-corrected chi connectivity index (χ4v) is 4.58. The predicted octanol–water partition coefficient (Wildman–Crippen LogP) is 3.44. The van der Waals surface area contributed by atoms with Crippen LogP contribution in [0.15, 0.2) is 27.6 Å². The molecule has 0 aromatic heterocycles. The van der Waals surface area contributed by atoms with E-state index in [2.05, 4.69) is 21.2 Å².